The first kappa shape index (κ1) is 18.5. The number of rotatable bonds is 3. The van der Waals surface area contributed by atoms with Gasteiger partial charge in [-0.25, -0.2) is 13.5 Å². The number of halogens is 3. The standard InChI is InChI=1S/C18H13ClF2N4O2/c1-10-15(16(19)25(24-10)14-8-6-13(21)7-9-14)18(27)23-22-17(26)11-2-4-12(20)5-3-11/h2-9H,1H3,(H,22,26)(H,23,27). The van der Waals surface area contributed by atoms with Gasteiger partial charge in [0.25, 0.3) is 11.8 Å². The minimum absolute atomic E-state index is 0.00707. The molecule has 2 aromatic carbocycles. The van der Waals surface area contributed by atoms with Gasteiger partial charge >= 0.3 is 0 Å². The highest BCUT2D eigenvalue weighted by Crippen LogP contribution is 2.23. The van der Waals surface area contributed by atoms with Crippen molar-refractivity contribution in [1.82, 2.24) is 20.6 Å². The van der Waals surface area contributed by atoms with E-state index in [1.54, 1.807) is 6.92 Å². The molecular formula is C18H13ClF2N4O2. The average Bonchev–Trinajstić information content (AvgIpc) is 2.95. The summed E-state index contributed by atoms with van der Waals surface area (Å²) in [6.45, 7) is 1.57. The quantitative estimate of drug-likeness (QED) is 0.674. The Morgan fingerprint density at radius 3 is 2.04 bits per heavy atom. The summed E-state index contributed by atoms with van der Waals surface area (Å²) in [7, 11) is 0. The molecule has 2 N–H and O–H groups in total. The fourth-order valence-corrected chi connectivity index (χ4v) is 2.72. The Bertz CT molecular complexity index is 1000. The molecule has 0 saturated carbocycles. The molecule has 0 fully saturated rings. The smallest absolute Gasteiger partial charge is 0.267 e. The van der Waals surface area contributed by atoms with Gasteiger partial charge in [0, 0.05) is 5.56 Å². The van der Waals surface area contributed by atoms with Crippen LogP contribution < -0.4 is 10.9 Å². The van der Waals surface area contributed by atoms with E-state index in [9.17, 15) is 18.4 Å². The lowest BCUT2D eigenvalue weighted by Crippen LogP contribution is -2.41. The summed E-state index contributed by atoms with van der Waals surface area (Å²) in [5, 5.41) is 4.18. The van der Waals surface area contributed by atoms with Crippen molar-refractivity contribution in [3.8, 4) is 5.69 Å². The summed E-state index contributed by atoms with van der Waals surface area (Å²) in [5.74, 6) is -2.20. The lowest BCUT2D eigenvalue weighted by molar-refractivity contribution is 0.0846. The Balaban J connectivity index is 1.76. The molecule has 0 spiro atoms. The molecule has 0 bridgehead atoms. The molecule has 27 heavy (non-hydrogen) atoms. The van der Waals surface area contributed by atoms with E-state index in [0.29, 0.717) is 11.4 Å². The SMILES string of the molecule is Cc1nn(-c2ccc(F)cc2)c(Cl)c1C(=O)NNC(=O)c1ccc(F)cc1. The topological polar surface area (TPSA) is 76.0 Å². The zero-order valence-electron chi connectivity index (χ0n) is 14.0. The van der Waals surface area contributed by atoms with Crippen LogP contribution in [0.1, 0.15) is 26.4 Å². The first-order valence-corrected chi connectivity index (χ1v) is 8.12. The van der Waals surface area contributed by atoms with Crippen molar-refractivity contribution in [3.63, 3.8) is 0 Å². The summed E-state index contributed by atoms with van der Waals surface area (Å²) in [5.41, 5.74) is 5.47. The zero-order valence-corrected chi connectivity index (χ0v) is 14.7. The molecule has 1 aromatic heterocycles. The Hall–Kier alpha value is -3.26. The maximum atomic E-state index is 13.1. The van der Waals surface area contributed by atoms with Crippen LogP contribution in [0.2, 0.25) is 5.15 Å². The predicted molar refractivity (Wildman–Crippen MR) is 94.6 cm³/mol. The Kier molecular flexibility index (Phi) is 5.18. The number of nitrogens with one attached hydrogen (secondary N) is 2. The number of amides is 2. The van der Waals surface area contributed by atoms with Gasteiger partial charge in [-0.3, -0.25) is 20.4 Å². The number of aryl methyl sites for hydroxylation is 1. The second-order valence-corrected chi connectivity index (χ2v) is 5.91. The highest BCUT2D eigenvalue weighted by molar-refractivity contribution is 6.33. The summed E-state index contributed by atoms with van der Waals surface area (Å²) < 4.78 is 27.2. The van der Waals surface area contributed by atoms with Crippen LogP contribution in [-0.2, 0) is 0 Å². The van der Waals surface area contributed by atoms with Crippen LogP contribution in [0.4, 0.5) is 8.78 Å². The Morgan fingerprint density at radius 1 is 0.926 bits per heavy atom. The van der Waals surface area contributed by atoms with E-state index in [2.05, 4.69) is 16.0 Å². The molecule has 3 aromatic rings. The van der Waals surface area contributed by atoms with Gasteiger partial charge in [0.1, 0.15) is 22.4 Å². The molecular weight excluding hydrogens is 378 g/mol. The number of hydrazine groups is 1. The third kappa shape index (κ3) is 3.95. The van der Waals surface area contributed by atoms with Crippen molar-refractivity contribution in [3.05, 3.63) is 82.1 Å². The van der Waals surface area contributed by atoms with Gasteiger partial charge in [-0.05, 0) is 55.5 Å². The van der Waals surface area contributed by atoms with Gasteiger partial charge in [0.2, 0.25) is 0 Å². The normalized spacial score (nSPS) is 10.5. The minimum Gasteiger partial charge on any atom is -0.267 e. The number of benzene rings is 2. The monoisotopic (exact) mass is 390 g/mol. The first-order valence-electron chi connectivity index (χ1n) is 7.74. The van der Waals surface area contributed by atoms with Crippen LogP contribution in [0, 0.1) is 18.6 Å². The van der Waals surface area contributed by atoms with Crippen LogP contribution in [0.15, 0.2) is 48.5 Å². The number of aromatic nitrogens is 2. The van der Waals surface area contributed by atoms with E-state index >= 15 is 0 Å². The van der Waals surface area contributed by atoms with Crippen molar-refractivity contribution in [2.45, 2.75) is 6.92 Å². The molecule has 3 rings (SSSR count). The number of carbonyl (C=O) groups excluding carboxylic acids is 2. The van der Waals surface area contributed by atoms with Crippen LogP contribution in [-0.4, -0.2) is 21.6 Å². The van der Waals surface area contributed by atoms with Gasteiger partial charge in [-0.15, -0.1) is 0 Å². The highest BCUT2D eigenvalue weighted by Gasteiger charge is 2.21. The van der Waals surface area contributed by atoms with E-state index < -0.39 is 23.4 Å². The molecule has 6 nitrogen and oxygen atoms in total. The maximum Gasteiger partial charge on any atom is 0.274 e. The van der Waals surface area contributed by atoms with Crippen LogP contribution in [0.3, 0.4) is 0 Å². The lowest BCUT2D eigenvalue weighted by Gasteiger charge is -2.07. The molecule has 0 aliphatic carbocycles. The van der Waals surface area contributed by atoms with Crippen molar-refractivity contribution >= 4 is 23.4 Å². The van der Waals surface area contributed by atoms with E-state index in [0.717, 1.165) is 12.1 Å². The summed E-state index contributed by atoms with van der Waals surface area (Å²) >= 11 is 6.24. The van der Waals surface area contributed by atoms with E-state index in [1.165, 1.54) is 41.1 Å². The van der Waals surface area contributed by atoms with Crippen molar-refractivity contribution in [1.29, 1.82) is 0 Å². The lowest BCUT2D eigenvalue weighted by atomic mass is 10.2. The molecule has 0 atom stereocenters. The third-order valence-corrected chi connectivity index (χ3v) is 4.05. The average molecular weight is 391 g/mol. The molecule has 138 valence electrons. The number of carbonyl (C=O) groups is 2. The van der Waals surface area contributed by atoms with Gasteiger partial charge in [-0.1, -0.05) is 11.6 Å². The molecule has 0 radical (unpaired) electrons. The molecule has 0 unspecified atom stereocenters. The molecule has 1 heterocycles. The summed E-state index contributed by atoms with van der Waals surface area (Å²) in [6.07, 6.45) is 0. The maximum absolute atomic E-state index is 13.1. The number of nitrogens with zero attached hydrogens (tertiary/aromatic N) is 2. The molecule has 9 heteroatoms. The number of hydrogen-bond acceptors (Lipinski definition) is 3. The second-order valence-electron chi connectivity index (χ2n) is 5.55. The van der Waals surface area contributed by atoms with E-state index in [-0.39, 0.29) is 16.3 Å². The Morgan fingerprint density at radius 2 is 1.44 bits per heavy atom. The van der Waals surface area contributed by atoms with Crippen molar-refractivity contribution in [2.75, 3.05) is 0 Å². The molecule has 0 saturated heterocycles. The Labute approximate surface area is 157 Å². The van der Waals surface area contributed by atoms with Crippen LogP contribution in [0.5, 0.6) is 0 Å². The van der Waals surface area contributed by atoms with Crippen molar-refractivity contribution in [2.24, 2.45) is 0 Å². The van der Waals surface area contributed by atoms with E-state index in [1.807, 2.05) is 0 Å². The van der Waals surface area contributed by atoms with Crippen molar-refractivity contribution < 1.29 is 18.4 Å². The fourth-order valence-electron chi connectivity index (χ4n) is 2.36. The summed E-state index contributed by atoms with van der Waals surface area (Å²) in [6, 6.07) is 10.2. The predicted octanol–water partition coefficient (Wildman–Crippen LogP) is 3.19. The van der Waals surface area contributed by atoms with Crippen LogP contribution >= 0.6 is 11.6 Å². The zero-order chi connectivity index (χ0) is 19.6. The second kappa shape index (κ2) is 7.55. The largest absolute Gasteiger partial charge is 0.274 e. The number of hydrogen-bond donors (Lipinski definition) is 2. The molecule has 2 amide bonds. The van der Waals surface area contributed by atoms with Gasteiger partial charge in [0.15, 0.2) is 0 Å². The molecule has 0 aliphatic rings. The van der Waals surface area contributed by atoms with Gasteiger partial charge < -0.3 is 0 Å². The fraction of sp³-hybridized carbons (Fsp3) is 0.0556. The third-order valence-electron chi connectivity index (χ3n) is 3.70. The highest BCUT2D eigenvalue weighted by atomic mass is 35.5. The minimum atomic E-state index is -0.679. The van der Waals surface area contributed by atoms with Gasteiger partial charge in [0.05, 0.1) is 11.4 Å². The summed E-state index contributed by atoms with van der Waals surface area (Å²) in [4.78, 5) is 24.4. The molecule has 0 aliphatic heterocycles. The first-order chi connectivity index (χ1) is 12.9. The van der Waals surface area contributed by atoms with E-state index in [4.69, 9.17) is 11.6 Å². The van der Waals surface area contributed by atoms with Gasteiger partial charge in [-0.2, -0.15) is 5.10 Å². The van der Waals surface area contributed by atoms with Crippen LogP contribution in [0.25, 0.3) is 5.69 Å².